The molecule has 1 N–H and O–H groups in total. The Bertz CT molecular complexity index is 343. The molecule has 1 atom stereocenters. The fourth-order valence-electron chi connectivity index (χ4n) is 1.33. The molecule has 0 aliphatic carbocycles. The molecule has 0 bridgehead atoms. The van der Waals surface area contributed by atoms with Gasteiger partial charge in [-0.15, -0.1) is 0 Å². The highest BCUT2D eigenvalue weighted by atomic mass is 16.5. The number of carbonyl (C=O) groups is 1. The number of aromatic hydroxyl groups is 1. The molecule has 1 rings (SSSR count). The number of ether oxygens (including phenoxy) is 1. The van der Waals surface area contributed by atoms with Gasteiger partial charge in [0.15, 0.2) is 0 Å². The van der Waals surface area contributed by atoms with Gasteiger partial charge in [-0.1, -0.05) is 32.4 Å². The van der Waals surface area contributed by atoms with E-state index in [1.165, 1.54) is 0 Å². The number of hydrogen-bond donors (Lipinski definition) is 1. The van der Waals surface area contributed by atoms with Crippen molar-refractivity contribution in [1.82, 2.24) is 0 Å². The summed E-state index contributed by atoms with van der Waals surface area (Å²) in [4.78, 5) is 11.4. The molecule has 1 aromatic carbocycles. The molecule has 0 aromatic heterocycles. The predicted octanol–water partition coefficient (Wildman–Crippen LogP) is 2.91. The van der Waals surface area contributed by atoms with Gasteiger partial charge in [0.2, 0.25) is 0 Å². The summed E-state index contributed by atoms with van der Waals surface area (Å²) < 4.78 is 5.15. The van der Waals surface area contributed by atoms with Crippen molar-refractivity contribution < 1.29 is 14.6 Å². The molecule has 0 aliphatic heterocycles. The van der Waals surface area contributed by atoms with Gasteiger partial charge in [-0.05, 0) is 30.0 Å². The standard InChI is InChI=1S/C14H20O3/c1-3-11(2)10-17-14(16)9-6-12-4-7-13(15)8-5-12/h4-5,7-8,11,15H,3,6,9-10H2,1-2H3. The molecule has 1 aromatic rings. The molecule has 0 radical (unpaired) electrons. The van der Waals surface area contributed by atoms with Gasteiger partial charge in [0, 0.05) is 6.42 Å². The largest absolute Gasteiger partial charge is 0.508 e. The number of rotatable bonds is 6. The number of phenolic OH excluding ortho intramolecular Hbond substituents is 1. The van der Waals surface area contributed by atoms with Crippen molar-refractivity contribution in [3.05, 3.63) is 29.8 Å². The molecule has 0 aliphatic rings. The number of hydrogen-bond acceptors (Lipinski definition) is 3. The highest BCUT2D eigenvalue weighted by molar-refractivity contribution is 5.69. The van der Waals surface area contributed by atoms with Gasteiger partial charge >= 0.3 is 5.97 Å². The van der Waals surface area contributed by atoms with E-state index in [9.17, 15) is 4.79 Å². The Morgan fingerprint density at radius 2 is 2.00 bits per heavy atom. The average molecular weight is 236 g/mol. The average Bonchev–Trinajstić information content (AvgIpc) is 2.35. The van der Waals surface area contributed by atoms with Gasteiger partial charge in [0.05, 0.1) is 6.61 Å². The van der Waals surface area contributed by atoms with Crippen LogP contribution in [-0.2, 0) is 16.0 Å². The minimum atomic E-state index is -0.154. The Kier molecular flexibility index (Phi) is 5.53. The first kappa shape index (κ1) is 13.6. The van der Waals surface area contributed by atoms with Crippen molar-refractivity contribution in [2.75, 3.05) is 6.61 Å². The predicted molar refractivity (Wildman–Crippen MR) is 66.8 cm³/mol. The molecule has 0 amide bonds. The van der Waals surface area contributed by atoms with Crippen LogP contribution in [0.1, 0.15) is 32.3 Å². The summed E-state index contributed by atoms with van der Waals surface area (Å²) in [6, 6.07) is 6.88. The van der Waals surface area contributed by atoms with Crippen molar-refractivity contribution >= 4 is 5.97 Å². The second kappa shape index (κ2) is 6.94. The Balaban J connectivity index is 2.26. The zero-order chi connectivity index (χ0) is 12.7. The molecule has 0 spiro atoms. The van der Waals surface area contributed by atoms with Gasteiger partial charge in [-0.2, -0.15) is 0 Å². The van der Waals surface area contributed by atoms with E-state index in [-0.39, 0.29) is 11.7 Å². The zero-order valence-electron chi connectivity index (χ0n) is 10.5. The van der Waals surface area contributed by atoms with Crippen molar-refractivity contribution in [2.45, 2.75) is 33.1 Å². The van der Waals surface area contributed by atoms with Crippen LogP contribution in [0, 0.1) is 5.92 Å². The Morgan fingerprint density at radius 1 is 1.35 bits per heavy atom. The van der Waals surface area contributed by atoms with E-state index in [1.54, 1.807) is 12.1 Å². The first-order valence-corrected chi connectivity index (χ1v) is 6.05. The molecule has 17 heavy (non-hydrogen) atoms. The number of aryl methyl sites for hydroxylation is 1. The topological polar surface area (TPSA) is 46.5 Å². The van der Waals surface area contributed by atoms with Crippen LogP contribution in [0.2, 0.25) is 0 Å². The van der Waals surface area contributed by atoms with E-state index in [1.807, 2.05) is 12.1 Å². The van der Waals surface area contributed by atoms with Crippen LogP contribution in [0.3, 0.4) is 0 Å². The van der Waals surface area contributed by atoms with E-state index in [2.05, 4.69) is 13.8 Å². The Morgan fingerprint density at radius 3 is 2.59 bits per heavy atom. The van der Waals surface area contributed by atoms with Crippen LogP contribution in [0.5, 0.6) is 5.75 Å². The maximum atomic E-state index is 11.4. The van der Waals surface area contributed by atoms with Crippen LogP contribution < -0.4 is 0 Å². The molecular weight excluding hydrogens is 216 g/mol. The van der Waals surface area contributed by atoms with Gasteiger partial charge in [0.25, 0.3) is 0 Å². The second-order valence-electron chi connectivity index (χ2n) is 4.36. The van der Waals surface area contributed by atoms with Crippen LogP contribution in [0.15, 0.2) is 24.3 Å². The van der Waals surface area contributed by atoms with Crippen LogP contribution in [-0.4, -0.2) is 17.7 Å². The van der Waals surface area contributed by atoms with Crippen molar-refractivity contribution in [2.24, 2.45) is 5.92 Å². The summed E-state index contributed by atoms with van der Waals surface area (Å²) in [5, 5.41) is 9.11. The molecule has 3 heteroatoms. The molecule has 0 saturated heterocycles. The number of phenols is 1. The summed E-state index contributed by atoms with van der Waals surface area (Å²) in [7, 11) is 0. The summed E-state index contributed by atoms with van der Waals surface area (Å²) in [5.41, 5.74) is 1.03. The zero-order valence-corrected chi connectivity index (χ0v) is 10.5. The SMILES string of the molecule is CCC(C)COC(=O)CCc1ccc(O)cc1. The summed E-state index contributed by atoms with van der Waals surface area (Å²) >= 11 is 0. The van der Waals surface area contributed by atoms with Crippen molar-refractivity contribution in [3.8, 4) is 5.75 Å². The van der Waals surface area contributed by atoms with Gasteiger partial charge in [-0.25, -0.2) is 0 Å². The Hall–Kier alpha value is -1.51. The van der Waals surface area contributed by atoms with Gasteiger partial charge < -0.3 is 9.84 Å². The lowest BCUT2D eigenvalue weighted by molar-refractivity contribution is -0.144. The lowest BCUT2D eigenvalue weighted by Gasteiger charge is -2.09. The number of benzene rings is 1. The molecule has 0 heterocycles. The van der Waals surface area contributed by atoms with E-state index in [0.717, 1.165) is 12.0 Å². The van der Waals surface area contributed by atoms with Gasteiger partial charge in [-0.3, -0.25) is 4.79 Å². The normalized spacial score (nSPS) is 12.1. The monoisotopic (exact) mass is 236 g/mol. The third-order valence-electron chi connectivity index (χ3n) is 2.78. The first-order valence-electron chi connectivity index (χ1n) is 6.05. The fourth-order valence-corrected chi connectivity index (χ4v) is 1.33. The molecule has 0 saturated carbocycles. The van der Waals surface area contributed by atoms with E-state index < -0.39 is 0 Å². The van der Waals surface area contributed by atoms with Gasteiger partial charge in [0.1, 0.15) is 5.75 Å². The second-order valence-corrected chi connectivity index (χ2v) is 4.36. The summed E-state index contributed by atoms with van der Waals surface area (Å²) in [6.45, 7) is 4.65. The molecular formula is C14H20O3. The summed E-state index contributed by atoms with van der Waals surface area (Å²) in [5.74, 6) is 0.513. The van der Waals surface area contributed by atoms with E-state index >= 15 is 0 Å². The maximum absolute atomic E-state index is 11.4. The Labute approximate surface area is 102 Å². The summed E-state index contributed by atoms with van der Waals surface area (Å²) in [6.07, 6.45) is 2.06. The van der Waals surface area contributed by atoms with Crippen LogP contribution in [0.4, 0.5) is 0 Å². The van der Waals surface area contributed by atoms with E-state index in [4.69, 9.17) is 9.84 Å². The highest BCUT2D eigenvalue weighted by Crippen LogP contribution is 2.11. The molecule has 0 fully saturated rings. The van der Waals surface area contributed by atoms with Crippen LogP contribution >= 0.6 is 0 Å². The van der Waals surface area contributed by atoms with Crippen molar-refractivity contribution in [3.63, 3.8) is 0 Å². The third kappa shape index (κ3) is 5.38. The minimum absolute atomic E-state index is 0.154. The maximum Gasteiger partial charge on any atom is 0.306 e. The lowest BCUT2D eigenvalue weighted by atomic mass is 10.1. The minimum Gasteiger partial charge on any atom is -0.508 e. The fraction of sp³-hybridized carbons (Fsp3) is 0.500. The van der Waals surface area contributed by atoms with Crippen molar-refractivity contribution in [1.29, 1.82) is 0 Å². The smallest absolute Gasteiger partial charge is 0.306 e. The molecule has 1 unspecified atom stereocenters. The number of esters is 1. The number of carbonyl (C=O) groups excluding carboxylic acids is 1. The first-order chi connectivity index (χ1) is 8.11. The molecule has 3 nitrogen and oxygen atoms in total. The third-order valence-corrected chi connectivity index (χ3v) is 2.78. The quantitative estimate of drug-likeness (QED) is 0.772. The van der Waals surface area contributed by atoms with E-state index in [0.29, 0.717) is 25.4 Å². The lowest BCUT2D eigenvalue weighted by Crippen LogP contribution is -2.11. The molecule has 94 valence electrons. The van der Waals surface area contributed by atoms with Crippen LogP contribution in [0.25, 0.3) is 0 Å². The highest BCUT2D eigenvalue weighted by Gasteiger charge is 2.06.